The van der Waals surface area contributed by atoms with E-state index < -0.39 is 49.5 Å². The lowest BCUT2D eigenvalue weighted by molar-refractivity contribution is -0.302. The van der Waals surface area contributed by atoms with Crippen LogP contribution in [-0.4, -0.2) is 87.5 Å². The van der Waals surface area contributed by atoms with E-state index in [-0.39, 0.29) is 12.5 Å². The van der Waals surface area contributed by atoms with Crippen LogP contribution in [0.15, 0.2) is 134 Å². The van der Waals surface area contributed by atoms with Gasteiger partial charge in [0.15, 0.2) is 6.29 Å². The van der Waals surface area contributed by atoms with Gasteiger partial charge in [0.05, 0.1) is 25.4 Å². The minimum atomic E-state index is -1.56. The maximum Gasteiger partial charge on any atom is 0.220 e. The average Bonchev–Trinajstić information content (AvgIpc) is 3.45. The van der Waals surface area contributed by atoms with Crippen molar-refractivity contribution >= 4 is 5.91 Å². The lowest BCUT2D eigenvalue weighted by Crippen LogP contribution is -2.60. The molecule has 1 aliphatic heterocycles. The van der Waals surface area contributed by atoms with E-state index in [9.17, 15) is 30.3 Å². The van der Waals surface area contributed by atoms with Crippen molar-refractivity contribution in [2.24, 2.45) is 0 Å². The Hall–Kier alpha value is -3.67. The maximum absolute atomic E-state index is 13.1. The predicted molar refractivity (Wildman–Crippen MR) is 331 cm³/mol. The number of hydrogen-bond acceptors (Lipinski definition) is 8. The molecule has 6 N–H and O–H groups in total. The Morgan fingerprint density at radius 2 is 0.795 bits per heavy atom. The second-order valence-electron chi connectivity index (χ2n) is 21.1. The van der Waals surface area contributed by atoms with Crippen molar-refractivity contribution in [3.05, 3.63) is 134 Å². The molecule has 0 aromatic carbocycles. The molecule has 0 aromatic rings. The molecule has 1 heterocycles. The normalized spacial score (nSPS) is 19.6. The van der Waals surface area contributed by atoms with E-state index in [2.05, 4.69) is 153 Å². The van der Waals surface area contributed by atoms with Gasteiger partial charge < -0.3 is 40.3 Å². The summed E-state index contributed by atoms with van der Waals surface area (Å²) >= 11 is 0. The Labute approximate surface area is 477 Å². The Balaban J connectivity index is 2.18. The van der Waals surface area contributed by atoms with Crippen molar-refractivity contribution < 1.29 is 39.8 Å². The highest BCUT2D eigenvalue weighted by Crippen LogP contribution is 2.23. The van der Waals surface area contributed by atoms with E-state index in [1.54, 1.807) is 0 Å². The predicted octanol–water partition coefficient (Wildman–Crippen LogP) is 16.5. The molecule has 1 amide bonds. The van der Waals surface area contributed by atoms with Crippen molar-refractivity contribution in [2.75, 3.05) is 13.2 Å². The molecule has 0 aliphatic carbocycles. The smallest absolute Gasteiger partial charge is 0.220 e. The van der Waals surface area contributed by atoms with Gasteiger partial charge in [0.2, 0.25) is 5.91 Å². The fourth-order valence-corrected chi connectivity index (χ4v) is 9.11. The van der Waals surface area contributed by atoms with Crippen LogP contribution >= 0.6 is 0 Å². The Bertz CT molecular complexity index is 1690. The molecule has 9 heteroatoms. The minimum Gasteiger partial charge on any atom is -0.394 e. The van der Waals surface area contributed by atoms with Crippen LogP contribution in [0.4, 0.5) is 0 Å². The molecule has 78 heavy (non-hydrogen) atoms. The first-order chi connectivity index (χ1) is 38.3. The zero-order valence-electron chi connectivity index (χ0n) is 49.4. The first kappa shape index (κ1) is 72.3. The van der Waals surface area contributed by atoms with Gasteiger partial charge in [-0.25, -0.2) is 0 Å². The third-order valence-electron chi connectivity index (χ3n) is 14.0. The molecule has 1 aliphatic rings. The fourth-order valence-electron chi connectivity index (χ4n) is 9.11. The molecule has 1 fully saturated rings. The summed E-state index contributed by atoms with van der Waals surface area (Å²) < 4.78 is 11.3. The number of rotatable bonds is 52. The van der Waals surface area contributed by atoms with E-state index in [0.29, 0.717) is 12.8 Å². The molecule has 9 nitrogen and oxygen atoms in total. The number of unbranched alkanes of at least 4 members (excludes halogenated alkanes) is 20. The molecule has 0 spiro atoms. The average molecular weight is 1090 g/mol. The summed E-state index contributed by atoms with van der Waals surface area (Å²) in [5.41, 5.74) is 0. The number of aliphatic hydroxyl groups is 5. The molecule has 0 aromatic heterocycles. The molecule has 1 saturated heterocycles. The number of hydrogen-bond donors (Lipinski definition) is 6. The van der Waals surface area contributed by atoms with E-state index in [4.69, 9.17) is 9.47 Å². The Kier molecular flexibility index (Phi) is 52.5. The number of allylic oxidation sites excluding steroid dienone is 22. The number of ether oxygens (including phenoxy) is 2. The van der Waals surface area contributed by atoms with Crippen molar-refractivity contribution in [1.82, 2.24) is 5.32 Å². The van der Waals surface area contributed by atoms with Gasteiger partial charge in [-0.2, -0.15) is 0 Å². The molecule has 1 rings (SSSR count). The minimum absolute atomic E-state index is 0.153. The summed E-state index contributed by atoms with van der Waals surface area (Å²) in [5, 5.41) is 54.7. The van der Waals surface area contributed by atoms with Crippen molar-refractivity contribution in [3.8, 4) is 0 Å². The number of aliphatic hydroxyl groups excluding tert-OH is 5. The van der Waals surface area contributed by atoms with Gasteiger partial charge in [0.1, 0.15) is 24.4 Å². The van der Waals surface area contributed by atoms with E-state index in [0.717, 1.165) is 128 Å². The second-order valence-corrected chi connectivity index (χ2v) is 21.1. The molecule has 0 bridgehead atoms. The van der Waals surface area contributed by atoms with Crippen molar-refractivity contribution in [2.45, 2.75) is 281 Å². The molecule has 0 radical (unpaired) electrons. The highest BCUT2D eigenvalue weighted by atomic mass is 16.7. The lowest BCUT2D eigenvalue weighted by Gasteiger charge is -2.40. The highest BCUT2D eigenvalue weighted by Gasteiger charge is 2.44. The molecule has 7 unspecified atom stereocenters. The molecular formula is C69H115NO8. The summed E-state index contributed by atoms with van der Waals surface area (Å²) in [6.45, 7) is 3.71. The summed E-state index contributed by atoms with van der Waals surface area (Å²) in [7, 11) is 0. The van der Waals surface area contributed by atoms with Crippen LogP contribution in [-0.2, 0) is 14.3 Å². The maximum atomic E-state index is 13.1. The molecule has 444 valence electrons. The first-order valence-corrected chi connectivity index (χ1v) is 31.4. The van der Waals surface area contributed by atoms with E-state index in [1.165, 1.54) is 83.5 Å². The van der Waals surface area contributed by atoms with E-state index in [1.807, 2.05) is 0 Å². The largest absolute Gasteiger partial charge is 0.394 e. The van der Waals surface area contributed by atoms with Gasteiger partial charge in [0.25, 0.3) is 0 Å². The van der Waals surface area contributed by atoms with Crippen LogP contribution < -0.4 is 5.32 Å². The zero-order chi connectivity index (χ0) is 56.5. The van der Waals surface area contributed by atoms with Gasteiger partial charge in [-0.15, -0.1) is 0 Å². The second kappa shape index (κ2) is 56.6. The summed E-state index contributed by atoms with van der Waals surface area (Å²) in [5.74, 6) is -0.168. The van der Waals surface area contributed by atoms with Crippen LogP contribution in [0.5, 0.6) is 0 Å². The van der Waals surface area contributed by atoms with Gasteiger partial charge in [-0.05, 0) is 96.3 Å². The first-order valence-electron chi connectivity index (χ1n) is 31.4. The van der Waals surface area contributed by atoms with Gasteiger partial charge in [-0.3, -0.25) is 4.79 Å². The number of nitrogens with one attached hydrogen (secondary N) is 1. The van der Waals surface area contributed by atoms with Crippen molar-refractivity contribution in [3.63, 3.8) is 0 Å². The molecule has 0 saturated carbocycles. The highest BCUT2D eigenvalue weighted by molar-refractivity contribution is 5.76. The Morgan fingerprint density at radius 1 is 0.449 bits per heavy atom. The topological polar surface area (TPSA) is 149 Å². The van der Waals surface area contributed by atoms with E-state index >= 15 is 0 Å². The number of amides is 1. The third-order valence-corrected chi connectivity index (χ3v) is 14.0. The number of carbonyl (C=O) groups excluding carboxylic acids is 1. The van der Waals surface area contributed by atoms with Gasteiger partial charge in [-0.1, -0.05) is 270 Å². The Morgan fingerprint density at radius 3 is 1.18 bits per heavy atom. The van der Waals surface area contributed by atoms with Crippen LogP contribution in [0.25, 0.3) is 0 Å². The van der Waals surface area contributed by atoms with Gasteiger partial charge >= 0.3 is 0 Å². The van der Waals surface area contributed by atoms with Crippen LogP contribution in [0.3, 0.4) is 0 Å². The summed E-state index contributed by atoms with van der Waals surface area (Å²) in [6.07, 6.45) is 79.1. The van der Waals surface area contributed by atoms with Gasteiger partial charge in [0, 0.05) is 6.42 Å². The van der Waals surface area contributed by atoms with Crippen LogP contribution in [0.2, 0.25) is 0 Å². The summed E-state index contributed by atoms with van der Waals surface area (Å²) in [6, 6.07) is -0.739. The number of carbonyl (C=O) groups is 1. The lowest BCUT2D eigenvalue weighted by atomic mass is 9.99. The van der Waals surface area contributed by atoms with Crippen LogP contribution in [0, 0.1) is 0 Å². The van der Waals surface area contributed by atoms with Crippen molar-refractivity contribution in [1.29, 1.82) is 0 Å². The zero-order valence-corrected chi connectivity index (χ0v) is 49.4. The third kappa shape index (κ3) is 45.1. The van der Waals surface area contributed by atoms with Crippen LogP contribution in [0.1, 0.15) is 239 Å². The summed E-state index contributed by atoms with van der Waals surface area (Å²) in [4.78, 5) is 13.1. The monoisotopic (exact) mass is 1090 g/mol. The quantitative estimate of drug-likeness (QED) is 0.0261. The SMILES string of the molecule is CC/C=C\C/C=C\C/C=C\C/C=C\C/C=C\C/C=C\C/C=C\C/C=C\C/C=C\C/C=C\C/C=C\CCCCCCCC(=O)NC(COC1OC(CO)C(O)C(O)C1O)C(O)CCCCCCCCCCCCCCCCCC. The molecular weight excluding hydrogens is 971 g/mol. The molecule has 7 atom stereocenters. The fraction of sp³-hybridized carbons (Fsp3) is 0.667. The standard InChI is InChI=1S/C69H115NO8/c1-3-5-7-9-11-13-15-17-19-21-22-23-24-25-26-27-28-29-30-31-32-33-34-35-36-37-38-39-40-41-42-43-45-47-49-51-53-55-57-59-65(73)70-62(61-77-69-68(76)67(75)66(74)64(60-71)78-69)63(72)58-56-54-52-50-48-46-44-20-18-16-14-12-10-8-6-4-2/h5,7,11,13,17,19,22-23,25-26,28-29,31-32,34-35,37-38,40-41,43,45,62-64,66-69,71-72,74-76H,3-4,6,8-10,12,14-16,18,20-21,24,27,30,33,36,39,42,44,46-61H2,1-2H3,(H,70,73)/b7-5-,13-11-,19-17-,23-22-,26-25-,29-28-,32-31-,35-34-,38-37-,41-40-,45-43-.